The molecular weight excluding hydrogens is 324 g/mol. The van der Waals surface area contributed by atoms with E-state index in [0.717, 1.165) is 13.2 Å². The predicted molar refractivity (Wildman–Crippen MR) is 72.6 cm³/mol. The van der Waals surface area contributed by atoms with E-state index in [1.807, 2.05) is 0 Å². The first kappa shape index (κ1) is 13.2. The SMILES string of the molecule is CC1NCCOC1c1cccc(I)c1.Cl. The van der Waals surface area contributed by atoms with E-state index in [4.69, 9.17) is 4.74 Å². The van der Waals surface area contributed by atoms with Crippen LogP contribution < -0.4 is 5.32 Å². The molecular formula is C11H15ClINO. The van der Waals surface area contributed by atoms with Gasteiger partial charge in [-0.1, -0.05) is 12.1 Å². The highest BCUT2D eigenvalue weighted by atomic mass is 127. The van der Waals surface area contributed by atoms with Gasteiger partial charge in [0.15, 0.2) is 0 Å². The molecule has 1 heterocycles. The molecule has 4 heteroatoms. The highest BCUT2D eigenvalue weighted by Gasteiger charge is 2.22. The maximum Gasteiger partial charge on any atom is 0.0976 e. The second-order valence-electron chi connectivity index (χ2n) is 3.59. The first-order valence-electron chi connectivity index (χ1n) is 4.88. The summed E-state index contributed by atoms with van der Waals surface area (Å²) in [4.78, 5) is 0. The van der Waals surface area contributed by atoms with Crippen LogP contribution in [-0.2, 0) is 4.74 Å². The highest BCUT2D eigenvalue weighted by Crippen LogP contribution is 2.24. The number of ether oxygens (including phenoxy) is 1. The zero-order valence-corrected chi connectivity index (χ0v) is 11.5. The van der Waals surface area contributed by atoms with E-state index in [0.29, 0.717) is 6.04 Å². The molecule has 0 amide bonds. The first-order chi connectivity index (χ1) is 6.77. The lowest BCUT2D eigenvalue weighted by molar-refractivity contribution is -0.000258. The van der Waals surface area contributed by atoms with E-state index >= 15 is 0 Å². The molecule has 0 bridgehead atoms. The summed E-state index contributed by atoms with van der Waals surface area (Å²) in [6.07, 6.45) is 0.207. The summed E-state index contributed by atoms with van der Waals surface area (Å²) in [6, 6.07) is 8.92. The fourth-order valence-electron chi connectivity index (χ4n) is 1.79. The van der Waals surface area contributed by atoms with Crippen LogP contribution in [0.4, 0.5) is 0 Å². The Bertz CT molecular complexity index is 321. The molecule has 1 aliphatic rings. The summed E-state index contributed by atoms with van der Waals surface area (Å²) in [5.74, 6) is 0. The average molecular weight is 340 g/mol. The van der Waals surface area contributed by atoms with Gasteiger partial charge in [0.2, 0.25) is 0 Å². The minimum absolute atomic E-state index is 0. The Morgan fingerprint density at radius 2 is 2.27 bits per heavy atom. The summed E-state index contributed by atoms with van der Waals surface area (Å²) >= 11 is 2.33. The molecule has 1 saturated heterocycles. The van der Waals surface area contributed by atoms with E-state index < -0.39 is 0 Å². The van der Waals surface area contributed by atoms with Crippen LogP contribution in [0.2, 0.25) is 0 Å². The smallest absolute Gasteiger partial charge is 0.0976 e. The second kappa shape index (κ2) is 6.03. The van der Waals surface area contributed by atoms with Crippen LogP contribution in [0.15, 0.2) is 24.3 Å². The maximum atomic E-state index is 5.77. The van der Waals surface area contributed by atoms with Crippen molar-refractivity contribution >= 4 is 35.0 Å². The molecule has 1 aromatic carbocycles. The third-order valence-electron chi connectivity index (χ3n) is 2.50. The Hall–Kier alpha value is 0.160. The monoisotopic (exact) mass is 339 g/mol. The van der Waals surface area contributed by atoms with Gasteiger partial charge < -0.3 is 10.1 Å². The fourth-order valence-corrected chi connectivity index (χ4v) is 2.36. The van der Waals surface area contributed by atoms with E-state index in [2.05, 4.69) is 59.1 Å². The molecule has 1 N–H and O–H groups in total. The van der Waals surface area contributed by atoms with Crippen molar-refractivity contribution in [3.8, 4) is 0 Å². The molecule has 2 unspecified atom stereocenters. The Labute approximate surface area is 110 Å². The molecule has 0 aromatic heterocycles. The van der Waals surface area contributed by atoms with Crippen molar-refractivity contribution in [3.63, 3.8) is 0 Å². The number of hydrogen-bond donors (Lipinski definition) is 1. The minimum Gasteiger partial charge on any atom is -0.371 e. The number of rotatable bonds is 1. The topological polar surface area (TPSA) is 21.3 Å². The van der Waals surface area contributed by atoms with E-state index in [1.54, 1.807) is 0 Å². The zero-order chi connectivity index (χ0) is 9.97. The minimum atomic E-state index is 0. The lowest BCUT2D eigenvalue weighted by Crippen LogP contribution is -2.41. The van der Waals surface area contributed by atoms with Crippen LogP contribution >= 0.6 is 35.0 Å². The second-order valence-corrected chi connectivity index (χ2v) is 4.83. The molecule has 0 spiro atoms. The van der Waals surface area contributed by atoms with Gasteiger partial charge in [0, 0.05) is 16.2 Å². The standard InChI is InChI=1S/C11H14INO.ClH/c1-8-11(14-6-5-13-8)9-3-2-4-10(12)7-9;/h2-4,7-8,11,13H,5-6H2,1H3;1H. The van der Waals surface area contributed by atoms with Crippen LogP contribution in [0.5, 0.6) is 0 Å². The van der Waals surface area contributed by atoms with Crippen molar-refractivity contribution in [2.45, 2.75) is 19.1 Å². The van der Waals surface area contributed by atoms with Crippen molar-refractivity contribution < 1.29 is 4.74 Å². The van der Waals surface area contributed by atoms with Crippen molar-refractivity contribution in [2.24, 2.45) is 0 Å². The molecule has 1 aliphatic heterocycles. The Balaban J connectivity index is 0.00000112. The number of benzene rings is 1. The van der Waals surface area contributed by atoms with Gasteiger partial charge in [0.05, 0.1) is 12.7 Å². The number of morpholine rings is 1. The summed E-state index contributed by atoms with van der Waals surface area (Å²) in [5.41, 5.74) is 1.27. The molecule has 0 saturated carbocycles. The molecule has 2 atom stereocenters. The van der Waals surface area contributed by atoms with Crippen molar-refractivity contribution in [1.29, 1.82) is 0 Å². The van der Waals surface area contributed by atoms with Gasteiger partial charge in [-0.2, -0.15) is 0 Å². The quantitative estimate of drug-likeness (QED) is 0.795. The number of halogens is 2. The predicted octanol–water partition coefficient (Wildman–Crippen LogP) is 2.76. The average Bonchev–Trinajstić information content (AvgIpc) is 2.18. The van der Waals surface area contributed by atoms with Gasteiger partial charge in [-0.05, 0) is 47.2 Å². The molecule has 0 radical (unpaired) electrons. The maximum absolute atomic E-state index is 5.77. The van der Waals surface area contributed by atoms with Gasteiger partial charge >= 0.3 is 0 Å². The summed E-state index contributed by atoms with van der Waals surface area (Å²) in [5, 5.41) is 3.42. The van der Waals surface area contributed by atoms with Crippen LogP contribution in [0, 0.1) is 3.57 Å². The molecule has 0 aliphatic carbocycles. The lowest BCUT2D eigenvalue weighted by atomic mass is 10.0. The number of hydrogen-bond acceptors (Lipinski definition) is 2. The first-order valence-corrected chi connectivity index (χ1v) is 5.96. The molecule has 2 nitrogen and oxygen atoms in total. The normalized spacial score (nSPS) is 25.7. The van der Waals surface area contributed by atoms with Crippen molar-refractivity contribution in [2.75, 3.05) is 13.2 Å². The third-order valence-corrected chi connectivity index (χ3v) is 3.17. The largest absolute Gasteiger partial charge is 0.371 e. The van der Waals surface area contributed by atoms with Crippen molar-refractivity contribution in [1.82, 2.24) is 5.32 Å². The molecule has 1 aromatic rings. The van der Waals surface area contributed by atoms with Crippen LogP contribution in [0.25, 0.3) is 0 Å². The van der Waals surface area contributed by atoms with E-state index in [-0.39, 0.29) is 18.5 Å². The lowest BCUT2D eigenvalue weighted by Gasteiger charge is -2.30. The van der Waals surface area contributed by atoms with Crippen LogP contribution in [0.3, 0.4) is 0 Å². The fraction of sp³-hybridized carbons (Fsp3) is 0.455. The summed E-state index contributed by atoms with van der Waals surface area (Å²) in [6.45, 7) is 3.94. The van der Waals surface area contributed by atoms with Crippen LogP contribution in [0.1, 0.15) is 18.6 Å². The van der Waals surface area contributed by atoms with Crippen molar-refractivity contribution in [3.05, 3.63) is 33.4 Å². The van der Waals surface area contributed by atoms with Gasteiger partial charge in [-0.25, -0.2) is 0 Å². The summed E-state index contributed by atoms with van der Waals surface area (Å²) in [7, 11) is 0. The Morgan fingerprint density at radius 3 is 2.93 bits per heavy atom. The molecule has 2 rings (SSSR count). The Morgan fingerprint density at radius 1 is 1.47 bits per heavy atom. The van der Waals surface area contributed by atoms with Gasteiger partial charge in [0.1, 0.15) is 0 Å². The molecule has 84 valence electrons. The van der Waals surface area contributed by atoms with E-state index in [1.165, 1.54) is 9.13 Å². The van der Waals surface area contributed by atoms with Crippen LogP contribution in [-0.4, -0.2) is 19.2 Å². The summed E-state index contributed by atoms with van der Waals surface area (Å²) < 4.78 is 7.03. The number of nitrogens with one attached hydrogen (secondary N) is 1. The van der Waals surface area contributed by atoms with E-state index in [9.17, 15) is 0 Å². The van der Waals surface area contributed by atoms with Gasteiger partial charge in [-0.15, -0.1) is 12.4 Å². The zero-order valence-electron chi connectivity index (χ0n) is 8.57. The van der Waals surface area contributed by atoms with Gasteiger partial charge in [0.25, 0.3) is 0 Å². The van der Waals surface area contributed by atoms with Gasteiger partial charge in [-0.3, -0.25) is 0 Å². The Kier molecular flexibility index (Phi) is 5.32. The molecule has 1 fully saturated rings. The highest BCUT2D eigenvalue weighted by molar-refractivity contribution is 14.1. The molecule has 15 heavy (non-hydrogen) atoms. The third kappa shape index (κ3) is 3.31.